The third-order valence-corrected chi connectivity index (χ3v) is 10.4. The molecule has 0 radical (unpaired) electrons. The highest BCUT2D eigenvalue weighted by Gasteiger charge is 2.26. The zero-order valence-electron chi connectivity index (χ0n) is 32.0. The molecular formula is C51H39N5O. The molecule has 4 heterocycles. The number of aromatic nitrogens is 5. The summed E-state index contributed by atoms with van der Waals surface area (Å²) in [6.45, 7) is 6.63. The molecule has 0 amide bonds. The van der Waals surface area contributed by atoms with Crippen LogP contribution in [-0.2, 0) is 5.41 Å². The fourth-order valence-corrected chi connectivity index (χ4v) is 7.50. The van der Waals surface area contributed by atoms with Crippen LogP contribution in [0.5, 0.6) is 0 Å². The minimum atomic E-state index is 0.0169. The second-order valence-electron chi connectivity index (χ2n) is 15.0. The normalized spacial score (nSPS) is 11.4. The Morgan fingerprint density at radius 2 is 0.772 bits per heavy atom. The Balaban J connectivity index is 1.37. The summed E-state index contributed by atoms with van der Waals surface area (Å²) >= 11 is 0. The average Bonchev–Trinajstić information content (AvgIpc) is 3.77. The van der Waals surface area contributed by atoms with Gasteiger partial charge in [-0.3, -0.25) is 15.0 Å². The molecular weight excluding hydrogens is 699 g/mol. The maximum atomic E-state index is 6.78. The molecule has 0 fully saturated rings. The van der Waals surface area contributed by atoms with Crippen molar-refractivity contribution in [3.8, 4) is 89.7 Å². The lowest BCUT2D eigenvalue weighted by molar-refractivity contribution is 0.582. The van der Waals surface area contributed by atoms with E-state index in [0.717, 1.165) is 77.9 Å². The van der Waals surface area contributed by atoms with E-state index in [2.05, 4.69) is 168 Å². The number of hydrogen-bond donors (Lipinski definition) is 0. The third kappa shape index (κ3) is 7.05. The summed E-state index contributed by atoms with van der Waals surface area (Å²) in [6.07, 6.45) is 11.1. The molecule has 0 bridgehead atoms. The van der Waals surface area contributed by atoms with Crippen molar-refractivity contribution in [2.24, 2.45) is 0 Å². The standard InChI is InChI=1S/C51H39N5O/c1-51(2,3)39-24-22-34(23-25-39)49-55-56-50(57-49)48-46(44-20-8-6-17-41(44)36-14-11-27-53-32-36)29-38(43-19-5-4-16-40(43)35-13-10-26-52-31-35)30-47(48)45-21-9-7-18-42(45)37-15-12-28-54-33-37/h4-33H,1-3H3. The van der Waals surface area contributed by atoms with Crippen LogP contribution in [0.4, 0.5) is 0 Å². The second kappa shape index (κ2) is 15.1. The van der Waals surface area contributed by atoms with Gasteiger partial charge in [-0.2, -0.15) is 0 Å². The van der Waals surface area contributed by atoms with Gasteiger partial charge in [-0.1, -0.05) is 124 Å². The Bertz CT molecular complexity index is 2700. The van der Waals surface area contributed by atoms with E-state index >= 15 is 0 Å². The molecule has 0 aliphatic heterocycles. The van der Waals surface area contributed by atoms with E-state index in [0.29, 0.717) is 11.8 Å². The number of rotatable bonds is 8. The Labute approximate surface area is 332 Å². The van der Waals surface area contributed by atoms with E-state index in [1.54, 1.807) is 18.6 Å². The maximum absolute atomic E-state index is 6.78. The van der Waals surface area contributed by atoms with Gasteiger partial charge in [-0.25, -0.2) is 0 Å². The molecule has 274 valence electrons. The van der Waals surface area contributed by atoms with Crippen LogP contribution in [0.1, 0.15) is 26.3 Å². The lowest BCUT2D eigenvalue weighted by Crippen LogP contribution is -2.10. The van der Waals surface area contributed by atoms with Gasteiger partial charge < -0.3 is 4.42 Å². The molecule has 0 atom stereocenters. The van der Waals surface area contributed by atoms with Crippen LogP contribution >= 0.6 is 0 Å². The number of nitrogens with zero attached hydrogens (tertiary/aromatic N) is 5. The molecule has 9 rings (SSSR count). The smallest absolute Gasteiger partial charge is 0.249 e. The predicted octanol–water partition coefficient (Wildman–Crippen LogP) is 12.9. The van der Waals surface area contributed by atoms with Gasteiger partial charge in [0.05, 0.1) is 5.56 Å². The van der Waals surface area contributed by atoms with Gasteiger partial charge in [0, 0.05) is 59.4 Å². The Hall–Kier alpha value is -7.31. The van der Waals surface area contributed by atoms with E-state index in [-0.39, 0.29) is 5.41 Å². The third-order valence-electron chi connectivity index (χ3n) is 10.4. The van der Waals surface area contributed by atoms with E-state index in [1.807, 2.05) is 36.8 Å². The average molecular weight is 738 g/mol. The summed E-state index contributed by atoms with van der Waals surface area (Å²) in [5.41, 5.74) is 15.1. The first-order valence-electron chi connectivity index (χ1n) is 19.0. The summed E-state index contributed by atoms with van der Waals surface area (Å²) in [5.74, 6) is 0.874. The first-order valence-corrected chi connectivity index (χ1v) is 19.0. The van der Waals surface area contributed by atoms with Crippen molar-refractivity contribution in [1.82, 2.24) is 25.1 Å². The van der Waals surface area contributed by atoms with Crippen molar-refractivity contribution >= 4 is 0 Å². The van der Waals surface area contributed by atoms with Crippen LogP contribution in [-0.4, -0.2) is 25.1 Å². The van der Waals surface area contributed by atoms with Crippen molar-refractivity contribution in [3.05, 3.63) is 188 Å². The van der Waals surface area contributed by atoms with E-state index < -0.39 is 0 Å². The summed E-state index contributed by atoms with van der Waals surface area (Å²) in [6, 6.07) is 50.5. The molecule has 0 spiro atoms. The van der Waals surface area contributed by atoms with E-state index in [1.165, 1.54) is 5.56 Å². The lowest BCUT2D eigenvalue weighted by Gasteiger charge is -2.21. The van der Waals surface area contributed by atoms with Crippen molar-refractivity contribution < 1.29 is 4.42 Å². The van der Waals surface area contributed by atoms with Gasteiger partial charge in [-0.15, -0.1) is 10.2 Å². The Morgan fingerprint density at radius 3 is 1.19 bits per heavy atom. The molecule has 0 saturated heterocycles. The fourth-order valence-electron chi connectivity index (χ4n) is 7.50. The fraction of sp³-hybridized carbons (Fsp3) is 0.0784. The zero-order valence-corrected chi connectivity index (χ0v) is 32.0. The first kappa shape index (κ1) is 35.4. The molecule has 9 aromatic rings. The molecule has 57 heavy (non-hydrogen) atoms. The second-order valence-corrected chi connectivity index (χ2v) is 15.0. The summed E-state index contributed by atoms with van der Waals surface area (Å²) in [4.78, 5) is 13.5. The van der Waals surface area contributed by atoms with E-state index in [4.69, 9.17) is 9.52 Å². The van der Waals surface area contributed by atoms with Crippen molar-refractivity contribution in [1.29, 1.82) is 0 Å². The maximum Gasteiger partial charge on any atom is 0.249 e. The van der Waals surface area contributed by atoms with Gasteiger partial charge in [-0.05, 0) is 104 Å². The molecule has 4 aromatic heterocycles. The highest BCUT2D eigenvalue weighted by atomic mass is 16.4. The van der Waals surface area contributed by atoms with Gasteiger partial charge in [0.2, 0.25) is 11.8 Å². The largest absolute Gasteiger partial charge is 0.416 e. The Morgan fingerprint density at radius 1 is 0.368 bits per heavy atom. The molecule has 6 heteroatoms. The molecule has 0 N–H and O–H groups in total. The lowest BCUT2D eigenvalue weighted by atomic mass is 9.83. The monoisotopic (exact) mass is 737 g/mol. The van der Waals surface area contributed by atoms with Crippen LogP contribution in [0.2, 0.25) is 0 Å². The number of benzene rings is 5. The summed E-state index contributed by atoms with van der Waals surface area (Å²) in [7, 11) is 0. The van der Waals surface area contributed by atoms with Crippen LogP contribution in [0.25, 0.3) is 89.7 Å². The quantitative estimate of drug-likeness (QED) is 0.154. The molecule has 6 nitrogen and oxygen atoms in total. The van der Waals surface area contributed by atoms with Gasteiger partial charge in [0.1, 0.15) is 0 Å². The molecule has 0 unspecified atom stereocenters. The van der Waals surface area contributed by atoms with Crippen molar-refractivity contribution in [2.45, 2.75) is 26.2 Å². The first-order chi connectivity index (χ1) is 27.9. The predicted molar refractivity (Wildman–Crippen MR) is 230 cm³/mol. The minimum absolute atomic E-state index is 0.0169. The zero-order chi connectivity index (χ0) is 38.8. The van der Waals surface area contributed by atoms with Gasteiger partial charge in [0.25, 0.3) is 0 Å². The highest BCUT2D eigenvalue weighted by molar-refractivity contribution is 6.02. The van der Waals surface area contributed by atoms with Crippen LogP contribution in [0, 0.1) is 0 Å². The summed E-state index contributed by atoms with van der Waals surface area (Å²) in [5, 5.41) is 9.51. The van der Waals surface area contributed by atoms with Gasteiger partial charge in [0.15, 0.2) is 0 Å². The molecule has 5 aromatic carbocycles. The van der Waals surface area contributed by atoms with Crippen molar-refractivity contribution in [2.75, 3.05) is 0 Å². The topological polar surface area (TPSA) is 77.6 Å². The SMILES string of the molecule is CC(C)(C)c1ccc(-c2nnc(-c3c(-c4ccccc4-c4cccnc4)cc(-c4ccccc4-c4cccnc4)cc3-c3ccccc3-c3cccnc3)o2)cc1. The highest BCUT2D eigenvalue weighted by Crippen LogP contribution is 2.48. The van der Waals surface area contributed by atoms with Crippen LogP contribution in [0.3, 0.4) is 0 Å². The molecule has 0 saturated carbocycles. The van der Waals surface area contributed by atoms with Gasteiger partial charge >= 0.3 is 0 Å². The summed E-state index contributed by atoms with van der Waals surface area (Å²) < 4.78 is 6.78. The van der Waals surface area contributed by atoms with E-state index in [9.17, 15) is 0 Å². The van der Waals surface area contributed by atoms with Crippen molar-refractivity contribution in [3.63, 3.8) is 0 Å². The van der Waals surface area contributed by atoms with Crippen LogP contribution < -0.4 is 0 Å². The molecule has 0 aliphatic rings. The minimum Gasteiger partial charge on any atom is -0.416 e. The number of pyridine rings is 3. The van der Waals surface area contributed by atoms with Crippen LogP contribution in [0.15, 0.2) is 187 Å². The Kier molecular flexibility index (Phi) is 9.36. The molecule has 0 aliphatic carbocycles. The number of hydrogen-bond acceptors (Lipinski definition) is 6.